The molecule has 0 saturated heterocycles. The second-order valence-corrected chi connectivity index (χ2v) is 3.96. The Morgan fingerprint density at radius 1 is 1.11 bits per heavy atom. The molecule has 18 heavy (non-hydrogen) atoms. The summed E-state index contributed by atoms with van der Waals surface area (Å²) in [5, 5.41) is 0.445. The van der Waals surface area contributed by atoms with Gasteiger partial charge in [-0.1, -0.05) is 23.7 Å². The van der Waals surface area contributed by atoms with Gasteiger partial charge in [-0.3, -0.25) is 0 Å². The van der Waals surface area contributed by atoms with Crippen LogP contribution in [0.4, 0.5) is 10.1 Å². The quantitative estimate of drug-likeness (QED) is 0.859. The van der Waals surface area contributed by atoms with E-state index >= 15 is 0 Å². The van der Waals surface area contributed by atoms with Crippen LogP contribution in [0.15, 0.2) is 36.4 Å². The van der Waals surface area contributed by atoms with Crippen LogP contribution in [-0.2, 0) is 0 Å². The highest BCUT2D eigenvalue weighted by Crippen LogP contribution is 2.35. The van der Waals surface area contributed by atoms with Crippen molar-refractivity contribution in [3.63, 3.8) is 0 Å². The van der Waals surface area contributed by atoms with E-state index in [1.807, 2.05) is 0 Å². The number of benzene rings is 2. The monoisotopic (exact) mass is 267 g/mol. The van der Waals surface area contributed by atoms with Crippen molar-refractivity contribution < 1.29 is 13.9 Å². The first kappa shape index (κ1) is 12.5. The lowest BCUT2D eigenvalue weighted by Crippen LogP contribution is -1.96. The lowest BCUT2D eigenvalue weighted by Gasteiger charge is -2.11. The molecule has 0 radical (unpaired) electrons. The van der Waals surface area contributed by atoms with E-state index in [1.54, 1.807) is 24.3 Å². The van der Waals surface area contributed by atoms with Crippen LogP contribution < -0.4 is 15.2 Å². The normalized spacial score (nSPS) is 10.2. The molecule has 3 nitrogen and oxygen atoms in total. The Hall–Kier alpha value is -1.94. The van der Waals surface area contributed by atoms with Crippen molar-refractivity contribution in [2.24, 2.45) is 0 Å². The van der Waals surface area contributed by atoms with Gasteiger partial charge >= 0.3 is 0 Å². The van der Waals surface area contributed by atoms with Crippen LogP contribution in [0.5, 0.6) is 17.2 Å². The van der Waals surface area contributed by atoms with Gasteiger partial charge in [-0.05, 0) is 12.1 Å². The van der Waals surface area contributed by atoms with Crippen LogP contribution in [0.1, 0.15) is 0 Å². The van der Waals surface area contributed by atoms with E-state index < -0.39 is 5.82 Å². The zero-order valence-corrected chi connectivity index (χ0v) is 10.4. The molecule has 0 aliphatic heterocycles. The zero-order chi connectivity index (χ0) is 13.1. The molecule has 2 rings (SSSR count). The van der Waals surface area contributed by atoms with Crippen LogP contribution in [0.3, 0.4) is 0 Å². The van der Waals surface area contributed by atoms with Gasteiger partial charge in [0.1, 0.15) is 5.75 Å². The average Bonchev–Trinajstić information content (AvgIpc) is 2.35. The highest BCUT2D eigenvalue weighted by Gasteiger charge is 2.11. The fraction of sp³-hybridized carbons (Fsp3) is 0.0769. The number of nitrogen functional groups attached to an aromatic ring is 1. The summed E-state index contributed by atoms with van der Waals surface area (Å²) in [5.74, 6) is 0.258. The second kappa shape index (κ2) is 5.14. The van der Waals surface area contributed by atoms with Crippen molar-refractivity contribution in [1.29, 1.82) is 0 Å². The summed E-state index contributed by atoms with van der Waals surface area (Å²) in [7, 11) is 1.37. The number of halogens is 2. The molecule has 0 amide bonds. The summed E-state index contributed by atoms with van der Waals surface area (Å²) in [6.45, 7) is 0. The maximum absolute atomic E-state index is 13.4. The molecule has 2 N–H and O–H groups in total. The first-order chi connectivity index (χ1) is 8.61. The number of nitrogens with two attached hydrogens (primary N) is 1. The van der Waals surface area contributed by atoms with Gasteiger partial charge in [0.05, 0.1) is 17.8 Å². The predicted molar refractivity (Wildman–Crippen MR) is 68.9 cm³/mol. The molecule has 0 heterocycles. The van der Waals surface area contributed by atoms with E-state index in [0.29, 0.717) is 16.5 Å². The SMILES string of the molecule is COc1cc(Oc2ccccc2Cl)c(N)cc1F. The van der Waals surface area contributed by atoms with E-state index in [1.165, 1.54) is 13.2 Å². The molecule has 0 aliphatic rings. The number of hydrogen-bond acceptors (Lipinski definition) is 3. The van der Waals surface area contributed by atoms with Crippen molar-refractivity contribution >= 4 is 17.3 Å². The zero-order valence-electron chi connectivity index (χ0n) is 9.61. The topological polar surface area (TPSA) is 44.5 Å². The number of anilines is 1. The molecule has 0 aromatic heterocycles. The van der Waals surface area contributed by atoms with Crippen LogP contribution in [0, 0.1) is 5.82 Å². The molecule has 0 unspecified atom stereocenters. The first-order valence-electron chi connectivity index (χ1n) is 5.17. The highest BCUT2D eigenvalue weighted by atomic mass is 35.5. The number of rotatable bonds is 3. The van der Waals surface area contributed by atoms with Gasteiger partial charge < -0.3 is 15.2 Å². The Kier molecular flexibility index (Phi) is 3.58. The van der Waals surface area contributed by atoms with Crippen LogP contribution in [0.25, 0.3) is 0 Å². The summed E-state index contributed by atoms with van der Waals surface area (Å²) in [6, 6.07) is 9.46. The Morgan fingerprint density at radius 3 is 2.50 bits per heavy atom. The third-order valence-corrected chi connectivity index (χ3v) is 2.65. The summed E-state index contributed by atoms with van der Waals surface area (Å²) < 4.78 is 23.8. The molecule has 0 spiro atoms. The van der Waals surface area contributed by atoms with Crippen LogP contribution in [-0.4, -0.2) is 7.11 Å². The van der Waals surface area contributed by atoms with Crippen molar-refractivity contribution in [3.8, 4) is 17.2 Å². The first-order valence-corrected chi connectivity index (χ1v) is 5.55. The maximum atomic E-state index is 13.4. The fourth-order valence-corrected chi connectivity index (χ4v) is 1.62. The smallest absolute Gasteiger partial charge is 0.167 e. The molecular formula is C13H11ClFNO2. The lowest BCUT2D eigenvalue weighted by atomic mass is 10.2. The van der Waals surface area contributed by atoms with E-state index in [0.717, 1.165) is 6.07 Å². The van der Waals surface area contributed by atoms with Gasteiger partial charge in [-0.25, -0.2) is 4.39 Å². The van der Waals surface area contributed by atoms with E-state index in [2.05, 4.69) is 0 Å². The van der Waals surface area contributed by atoms with Gasteiger partial charge in [-0.15, -0.1) is 0 Å². The lowest BCUT2D eigenvalue weighted by molar-refractivity contribution is 0.382. The Labute approximate surface area is 109 Å². The Bertz CT molecular complexity index is 575. The largest absolute Gasteiger partial charge is 0.494 e. The minimum absolute atomic E-state index is 0.0613. The van der Waals surface area contributed by atoms with Gasteiger partial charge in [0.2, 0.25) is 0 Å². The molecule has 0 saturated carbocycles. The third kappa shape index (κ3) is 2.49. The van der Waals surface area contributed by atoms with Gasteiger partial charge in [0, 0.05) is 12.1 Å². The molecule has 2 aromatic rings. The van der Waals surface area contributed by atoms with Crippen molar-refractivity contribution in [3.05, 3.63) is 47.2 Å². The van der Waals surface area contributed by atoms with Crippen molar-refractivity contribution in [2.45, 2.75) is 0 Å². The van der Waals surface area contributed by atoms with Crippen molar-refractivity contribution in [1.82, 2.24) is 0 Å². The molecule has 0 bridgehead atoms. The summed E-state index contributed by atoms with van der Waals surface area (Å²) >= 11 is 5.96. The highest BCUT2D eigenvalue weighted by molar-refractivity contribution is 6.32. The van der Waals surface area contributed by atoms with Gasteiger partial charge in [0.15, 0.2) is 17.3 Å². The number of para-hydroxylation sites is 1. The van der Waals surface area contributed by atoms with Crippen LogP contribution >= 0.6 is 11.6 Å². The number of ether oxygens (including phenoxy) is 2. The minimum atomic E-state index is -0.540. The molecule has 94 valence electrons. The average molecular weight is 268 g/mol. The Morgan fingerprint density at radius 2 is 1.83 bits per heavy atom. The molecule has 0 atom stereocenters. The molecule has 0 fully saturated rings. The van der Waals surface area contributed by atoms with E-state index in [-0.39, 0.29) is 11.4 Å². The standard InChI is InChI=1S/C13H11ClFNO2/c1-17-12-7-13(10(16)6-9(12)15)18-11-5-3-2-4-8(11)14/h2-7H,16H2,1H3. The number of methoxy groups -OCH3 is 1. The molecule has 2 aromatic carbocycles. The third-order valence-electron chi connectivity index (χ3n) is 2.34. The Balaban J connectivity index is 2.38. The summed E-state index contributed by atoms with van der Waals surface area (Å²) in [6.07, 6.45) is 0. The number of hydrogen-bond donors (Lipinski definition) is 1. The predicted octanol–water partition coefficient (Wildman–Crippen LogP) is 3.86. The summed E-state index contributed by atoms with van der Waals surface area (Å²) in [4.78, 5) is 0. The molecular weight excluding hydrogens is 257 g/mol. The van der Waals surface area contributed by atoms with Crippen molar-refractivity contribution in [2.75, 3.05) is 12.8 Å². The minimum Gasteiger partial charge on any atom is -0.494 e. The molecule has 5 heteroatoms. The fourth-order valence-electron chi connectivity index (χ4n) is 1.44. The summed E-state index contributed by atoms with van der Waals surface area (Å²) in [5.41, 5.74) is 5.85. The van der Waals surface area contributed by atoms with E-state index in [9.17, 15) is 4.39 Å². The van der Waals surface area contributed by atoms with Crippen LogP contribution in [0.2, 0.25) is 5.02 Å². The molecule has 0 aliphatic carbocycles. The maximum Gasteiger partial charge on any atom is 0.167 e. The van der Waals surface area contributed by atoms with E-state index in [4.69, 9.17) is 26.8 Å². The van der Waals surface area contributed by atoms with Gasteiger partial charge in [-0.2, -0.15) is 0 Å². The second-order valence-electron chi connectivity index (χ2n) is 3.56. The van der Waals surface area contributed by atoms with Gasteiger partial charge in [0.25, 0.3) is 0 Å².